The van der Waals surface area contributed by atoms with E-state index in [1.165, 1.54) is 11.0 Å². The van der Waals surface area contributed by atoms with Crippen molar-refractivity contribution in [3.63, 3.8) is 0 Å². The predicted octanol–water partition coefficient (Wildman–Crippen LogP) is 5.67. The van der Waals surface area contributed by atoms with Crippen molar-refractivity contribution in [3.05, 3.63) is 71.6 Å². The number of hydrogen-bond acceptors (Lipinski definition) is 4. The molecule has 1 heterocycles. The number of alkyl halides is 3. The van der Waals surface area contributed by atoms with E-state index in [0.29, 0.717) is 19.3 Å². The lowest BCUT2D eigenvalue weighted by Crippen LogP contribution is -2.54. The lowest BCUT2D eigenvalue weighted by atomic mass is 9.75. The monoisotopic (exact) mass is 450 g/mol. The third-order valence-corrected chi connectivity index (χ3v) is 6.36. The highest BCUT2D eigenvalue weighted by Crippen LogP contribution is 2.50. The number of benzene rings is 2. The van der Waals surface area contributed by atoms with Gasteiger partial charge < -0.3 is 4.90 Å². The van der Waals surface area contributed by atoms with Gasteiger partial charge in [0.05, 0.1) is 29.0 Å². The summed E-state index contributed by atoms with van der Waals surface area (Å²) >= 11 is 0. The molecule has 5 nitrogen and oxygen atoms in total. The smallest absolute Gasteiger partial charge is 0.313 e. The van der Waals surface area contributed by atoms with Crippen LogP contribution < -0.4 is 9.80 Å². The van der Waals surface area contributed by atoms with Gasteiger partial charge in [0.1, 0.15) is 11.4 Å². The molecule has 1 amide bonds. The van der Waals surface area contributed by atoms with E-state index in [0.717, 1.165) is 42.6 Å². The molecular formula is C25H21F3N4O. The zero-order valence-electron chi connectivity index (χ0n) is 17.8. The summed E-state index contributed by atoms with van der Waals surface area (Å²) in [5.74, 6) is -0.0237. The standard InChI is InChI=1S/C25H21F3N4O/c1-17-31(21-11-8-19(16-30)22(15-21)25(26,27)28)23(33)24(12-4-13-24)32(17)20-9-6-18(7-10-20)5-2-3-14-29/h6-11,15H,1-5,12-13H2. The Bertz CT molecular complexity index is 1180. The lowest BCUT2D eigenvalue weighted by molar-refractivity contribution is -0.137. The molecule has 0 atom stereocenters. The number of halogens is 3. The fourth-order valence-electron chi connectivity index (χ4n) is 4.57. The molecule has 1 aliphatic carbocycles. The zero-order valence-corrected chi connectivity index (χ0v) is 17.8. The lowest BCUT2D eigenvalue weighted by Gasteiger charge is -2.43. The number of nitrogens with zero attached hydrogens (tertiary/aromatic N) is 4. The summed E-state index contributed by atoms with van der Waals surface area (Å²) in [7, 11) is 0. The number of amides is 1. The molecule has 0 aromatic heterocycles. The van der Waals surface area contributed by atoms with Crippen LogP contribution in [0.4, 0.5) is 24.5 Å². The Balaban J connectivity index is 1.70. The van der Waals surface area contributed by atoms with Crippen LogP contribution >= 0.6 is 0 Å². The first-order valence-electron chi connectivity index (χ1n) is 10.6. The number of carbonyl (C=O) groups is 1. The molecule has 1 saturated carbocycles. The summed E-state index contributed by atoms with van der Waals surface area (Å²) in [6.45, 7) is 4.06. The van der Waals surface area contributed by atoms with E-state index in [1.54, 1.807) is 6.07 Å². The Kier molecular flexibility index (Phi) is 5.63. The molecule has 168 valence electrons. The summed E-state index contributed by atoms with van der Waals surface area (Å²) < 4.78 is 40.5. The van der Waals surface area contributed by atoms with E-state index in [2.05, 4.69) is 12.6 Å². The molecular weight excluding hydrogens is 429 g/mol. The van der Waals surface area contributed by atoms with Crippen molar-refractivity contribution >= 4 is 17.3 Å². The first-order chi connectivity index (χ1) is 15.7. The minimum Gasteiger partial charge on any atom is -0.313 e. The Morgan fingerprint density at radius 3 is 2.27 bits per heavy atom. The van der Waals surface area contributed by atoms with Gasteiger partial charge in [-0.05, 0) is 68.0 Å². The highest BCUT2D eigenvalue weighted by molar-refractivity contribution is 6.10. The second-order valence-electron chi connectivity index (χ2n) is 8.29. The van der Waals surface area contributed by atoms with Crippen molar-refractivity contribution in [2.45, 2.75) is 50.2 Å². The molecule has 0 radical (unpaired) electrons. The molecule has 0 N–H and O–H groups in total. The number of carbonyl (C=O) groups excluding carboxylic acids is 1. The van der Waals surface area contributed by atoms with E-state index in [4.69, 9.17) is 10.5 Å². The van der Waals surface area contributed by atoms with Gasteiger partial charge in [-0.2, -0.15) is 23.7 Å². The molecule has 2 aliphatic rings. The molecule has 1 aliphatic heterocycles. The maximum Gasteiger partial charge on any atom is 0.417 e. The van der Waals surface area contributed by atoms with Crippen molar-refractivity contribution in [1.82, 2.24) is 0 Å². The number of rotatable bonds is 5. The number of unbranched alkanes of at least 4 members (excludes halogenated alkanes) is 1. The third kappa shape index (κ3) is 3.72. The first-order valence-corrected chi connectivity index (χ1v) is 10.6. The Morgan fingerprint density at radius 2 is 1.73 bits per heavy atom. The Labute approximate surface area is 189 Å². The molecule has 1 saturated heterocycles. The van der Waals surface area contributed by atoms with Gasteiger partial charge in [0, 0.05) is 12.1 Å². The fraction of sp³-hybridized carbons (Fsp3) is 0.320. The van der Waals surface area contributed by atoms with Crippen molar-refractivity contribution in [2.24, 2.45) is 0 Å². The summed E-state index contributed by atoms with van der Waals surface area (Å²) in [6.07, 6.45) is -0.751. The summed E-state index contributed by atoms with van der Waals surface area (Å²) in [4.78, 5) is 16.6. The molecule has 8 heteroatoms. The van der Waals surface area contributed by atoms with Gasteiger partial charge in [-0.3, -0.25) is 9.69 Å². The van der Waals surface area contributed by atoms with E-state index in [1.807, 2.05) is 29.2 Å². The largest absolute Gasteiger partial charge is 0.417 e. The number of hydrogen-bond donors (Lipinski definition) is 0. The predicted molar refractivity (Wildman–Crippen MR) is 117 cm³/mol. The summed E-state index contributed by atoms with van der Waals surface area (Å²) in [5, 5.41) is 17.8. The molecule has 2 fully saturated rings. The van der Waals surface area contributed by atoms with Crippen LogP contribution in [0.5, 0.6) is 0 Å². The Hall–Kier alpha value is -3.78. The third-order valence-electron chi connectivity index (χ3n) is 6.36. The average Bonchev–Trinajstić information content (AvgIpc) is 3.00. The minimum atomic E-state index is -4.72. The topological polar surface area (TPSA) is 71.1 Å². The quantitative estimate of drug-likeness (QED) is 0.550. The van der Waals surface area contributed by atoms with Gasteiger partial charge in [-0.1, -0.05) is 18.7 Å². The SMILES string of the molecule is C=C1N(c2ccc(C#N)c(C(F)(F)F)c2)C(=O)C2(CCC2)N1c1ccc(CCCC#N)cc1. The molecule has 0 unspecified atom stereocenters. The van der Waals surface area contributed by atoms with Crippen molar-refractivity contribution in [1.29, 1.82) is 10.5 Å². The molecule has 1 spiro atoms. The summed E-state index contributed by atoms with van der Waals surface area (Å²) in [5.41, 5.74) is -0.600. The Morgan fingerprint density at radius 1 is 1.06 bits per heavy atom. The van der Waals surface area contributed by atoms with Crippen LogP contribution in [0.3, 0.4) is 0 Å². The second kappa shape index (κ2) is 8.29. The van der Waals surface area contributed by atoms with Crippen molar-refractivity contribution in [2.75, 3.05) is 9.80 Å². The van der Waals surface area contributed by atoms with Crippen LogP contribution in [0, 0.1) is 22.7 Å². The highest BCUT2D eigenvalue weighted by atomic mass is 19.4. The average molecular weight is 450 g/mol. The number of nitriles is 2. The van der Waals surface area contributed by atoms with Crippen LogP contribution in [0.15, 0.2) is 54.9 Å². The van der Waals surface area contributed by atoms with Crippen LogP contribution in [-0.4, -0.2) is 11.4 Å². The van der Waals surface area contributed by atoms with Gasteiger partial charge in [0.2, 0.25) is 0 Å². The molecule has 0 bridgehead atoms. The minimum absolute atomic E-state index is 0.0400. The van der Waals surface area contributed by atoms with Gasteiger partial charge in [-0.25, -0.2) is 0 Å². The molecule has 4 rings (SSSR count). The number of anilines is 2. The van der Waals surface area contributed by atoms with E-state index in [-0.39, 0.29) is 17.4 Å². The molecule has 2 aromatic rings. The fourth-order valence-corrected chi connectivity index (χ4v) is 4.57. The second-order valence-corrected chi connectivity index (χ2v) is 8.29. The molecule has 33 heavy (non-hydrogen) atoms. The van der Waals surface area contributed by atoms with E-state index in [9.17, 15) is 18.0 Å². The van der Waals surface area contributed by atoms with Crippen molar-refractivity contribution in [3.8, 4) is 12.1 Å². The van der Waals surface area contributed by atoms with Crippen LogP contribution in [0.2, 0.25) is 0 Å². The van der Waals surface area contributed by atoms with Crippen molar-refractivity contribution < 1.29 is 18.0 Å². The van der Waals surface area contributed by atoms with Crippen LogP contribution in [0.25, 0.3) is 0 Å². The highest BCUT2D eigenvalue weighted by Gasteiger charge is 2.58. The normalized spacial score (nSPS) is 17.1. The van der Waals surface area contributed by atoms with Gasteiger partial charge >= 0.3 is 6.18 Å². The maximum atomic E-state index is 13.5. The van der Waals surface area contributed by atoms with Crippen LogP contribution in [0.1, 0.15) is 48.8 Å². The molecule has 2 aromatic carbocycles. The number of aryl methyl sites for hydroxylation is 1. The van der Waals surface area contributed by atoms with Gasteiger partial charge in [0.15, 0.2) is 0 Å². The van der Waals surface area contributed by atoms with Gasteiger partial charge in [-0.15, -0.1) is 0 Å². The van der Waals surface area contributed by atoms with E-state index >= 15 is 0 Å². The van der Waals surface area contributed by atoms with E-state index < -0.39 is 22.8 Å². The zero-order chi connectivity index (χ0) is 23.8. The van der Waals surface area contributed by atoms with Crippen LogP contribution in [-0.2, 0) is 17.4 Å². The maximum absolute atomic E-state index is 13.5. The van der Waals surface area contributed by atoms with Gasteiger partial charge in [0.25, 0.3) is 5.91 Å². The summed E-state index contributed by atoms with van der Waals surface area (Å²) in [6, 6.07) is 14.6. The first kappa shape index (κ1) is 22.4.